The van der Waals surface area contributed by atoms with Crippen molar-refractivity contribution >= 4 is 12.1 Å². The summed E-state index contributed by atoms with van der Waals surface area (Å²) in [6, 6.07) is 4.91. The predicted octanol–water partition coefficient (Wildman–Crippen LogP) is 2.57. The SMILES string of the molecule is Cc1c(C#CCNC(=O)OC(C)(C)C)cccc1C(=O)O. The average molecular weight is 289 g/mol. The highest BCUT2D eigenvalue weighted by atomic mass is 16.6. The lowest BCUT2D eigenvalue weighted by molar-refractivity contribution is 0.0534. The number of carbonyl (C=O) groups excluding carboxylic acids is 1. The van der Waals surface area contributed by atoms with Gasteiger partial charge in [-0.15, -0.1) is 0 Å². The Morgan fingerprint density at radius 1 is 1.33 bits per heavy atom. The summed E-state index contributed by atoms with van der Waals surface area (Å²) in [6.07, 6.45) is -0.534. The van der Waals surface area contributed by atoms with Crippen LogP contribution in [0.2, 0.25) is 0 Å². The molecule has 5 nitrogen and oxygen atoms in total. The zero-order valence-corrected chi connectivity index (χ0v) is 12.6. The summed E-state index contributed by atoms with van der Waals surface area (Å²) in [5.74, 6) is 4.63. The second-order valence-electron chi connectivity index (χ2n) is 5.44. The highest BCUT2D eigenvalue weighted by Crippen LogP contribution is 2.12. The number of carboxylic acids is 1. The Hall–Kier alpha value is -2.48. The Kier molecular flexibility index (Phi) is 5.37. The van der Waals surface area contributed by atoms with Gasteiger partial charge in [0.2, 0.25) is 0 Å². The van der Waals surface area contributed by atoms with Crippen molar-refractivity contribution in [3.8, 4) is 11.8 Å². The fourth-order valence-corrected chi connectivity index (χ4v) is 1.57. The van der Waals surface area contributed by atoms with Crippen LogP contribution >= 0.6 is 0 Å². The number of hydrogen-bond donors (Lipinski definition) is 2. The van der Waals surface area contributed by atoms with E-state index in [0.717, 1.165) is 0 Å². The third-order valence-corrected chi connectivity index (χ3v) is 2.51. The van der Waals surface area contributed by atoms with Crippen molar-refractivity contribution in [2.75, 3.05) is 6.54 Å². The minimum atomic E-state index is -0.983. The van der Waals surface area contributed by atoms with E-state index in [4.69, 9.17) is 9.84 Å². The van der Waals surface area contributed by atoms with Gasteiger partial charge in [-0.3, -0.25) is 0 Å². The van der Waals surface area contributed by atoms with Gasteiger partial charge >= 0.3 is 12.1 Å². The van der Waals surface area contributed by atoms with E-state index < -0.39 is 17.7 Å². The monoisotopic (exact) mass is 289 g/mol. The first-order valence-electron chi connectivity index (χ1n) is 6.49. The highest BCUT2D eigenvalue weighted by Gasteiger charge is 2.15. The molecule has 112 valence electrons. The molecule has 0 aliphatic heterocycles. The molecule has 0 fully saturated rings. The highest BCUT2D eigenvalue weighted by molar-refractivity contribution is 5.90. The Morgan fingerprint density at radius 3 is 2.57 bits per heavy atom. The molecular weight excluding hydrogens is 270 g/mol. The number of amides is 1. The van der Waals surface area contributed by atoms with Gasteiger partial charge in [0.1, 0.15) is 5.60 Å². The Labute approximate surface area is 124 Å². The van der Waals surface area contributed by atoms with Crippen molar-refractivity contribution in [2.24, 2.45) is 0 Å². The molecule has 0 heterocycles. The predicted molar refractivity (Wildman–Crippen MR) is 79.3 cm³/mol. The molecule has 1 rings (SSSR count). The molecule has 0 atom stereocenters. The molecule has 0 bridgehead atoms. The molecule has 0 saturated heterocycles. The molecule has 1 aromatic carbocycles. The van der Waals surface area contributed by atoms with Crippen LogP contribution in [0, 0.1) is 18.8 Å². The van der Waals surface area contributed by atoms with Gasteiger partial charge in [0.05, 0.1) is 12.1 Å². The molecule has 5 heteroatoms. The summed E-state index contributed by atoms with van der Waals surface area (Å²) in [5, 5.41) is 11.5. The number of carbonyl (C=O) groups is 2. The first-order valence-corrected chi connectivity index (χ1v) is 6.49. The lowest BCUT2D eigenvalue weighted by Crippen LogP contribution is -2.32. The largest absolute Gasteiger partial charge is 0.478 e. The molecule has 1 aromatic rings. The van der Waals surface area contributed by atoms with Crippen LogP contribution in [0.1, 0.15) is 42.3 Å². The summed E-state index contributed by atoms with van der Waals surface area (Å²) in [6.45, 7) is 7.16. The van der Waals surface area contributed by atoms with E-state index in [-0.39, 0.29) is 12.1 Å². The minimum Gasteiger partial charge on any atom is -0.478 e. The quantitative estimate of drug-likeness (QED) is 0.820. The zero-order valence-electron chi connectivity index (χ0n) is 12.6. The zero-order chi connectivity index (χ0) is 16.0. The van der Waals surface area contributed by atoms with Gasteiger partial charge in [-0.25, -0.2) is 9.59 Å². The van der Waals surface area contributed by atoms with Crippen LogP contribution in [0.4, 0.5) is 4.79 Å². The fourth-order valence-electron chi connectivity index (χ4n) is 1.57. The van der Waals surface area contributed by atoms with E-state index in [0.29, 0.717) is 11.1 Å². The molecule has 0 aliphatic rings. The molecule has 0 aliphatic carbocycles. The third-order valence-electron chi connectivity index (χ3n) is 2.51. The molecule has 0 spiro atoms. The maximum atomic E-state index is 11.4. The number of benzene rings is 1. The first kappa shape index (κ1) is 16.6. The second-order valence-corrected chi connectivity index (χ2v) is 5.44. The molecule has 1 amide bonds. The molecule has 0 saturated carbocycles. The second kappa shape index (κ2) is 6.80. The number of nitrogens with one attached hydrogen (secondary N) is 1. The molecule has 2 N–H and O–H groups in total. The van der Waals surface area contributed by atoms with E-state index in [1.807, 2.05) is 0 Å². The minimum absolute atomic E-state index is 0.131. The van der Waals surface area contributed by atoms with Crippen LogP contribution in [-0.2, 0) is 4.74 Å². The molecule has 0 radical (unpaired) electrons. The third kappa shape index (κ3) is 5.57. The van der Waals surface area contributed by atoms with E-state index in [1.54, 1.807) is 39.8 Å². The molecule has 0 aromatic heterocycles. The van der Waals surface area contributed by atoms with Gasteiger partial charge < -0.3 is 15.2 Å². The van der Waals surface area contributed by atoms with E-state index in [9.17, 15) is 9.59 Å². The number of ether oxygens (including phenoxy) is 1. The van der Waals surface area contributed by atoms with Gasteiger partial charge in [-0.2, -0.15) is 0 Å². The van der Waals surface area contributed by atoms with Crippen molar-refractivity contribution < 1.29 is 19.4 Å². The molecular formula is C16H19NO4. The van der Waals surface area contributed by atoms with Crippen LogP contribution in [0.25, 0.3) is 0 Å². The van der Waals surface area contributed by atoms with Crippen LogP contribution in [-0.4, -0.2) is 29.3 Å². The summed E-state index contributed by atoms with van der Waals surface area (Å²) in [7, 11) is 0. The van der Waals surface area contributed by atoms with E-state index in [2.05, 4.69) is 17.2 Å². The normalized spacial score (nSPS) is 10.3. The van der Waals surface area contributed by atoms with Gasteiger partial charge in [-0.1, -0.05) is 17.9 Å². The first-order chi connectivity index (χ1) is 9.70. The summed E-state index contributed by atoms with van der Waals surface area (Å²) in [5.41, 5.74) is 0.904. The van der Waals surface area contributed by atoms with Gasteiger partial charge in [-0.05, 0) is 45.4 Å². The topological polar surface area (TPSA) is 75.6 Å². The van der Waals surface area contributed by atoms with Crippen molar-refractivity contribution in [3.05, 3.63) is 34.9 Å². The lowest BCUT2D eigenvalue weighted by atomic mass is 10.0. The number of alkyl carbamates (subject to hydrolysis) is 1. The van der Waals surface area contributed by atoms with Crippen molar-refractivity contribution in [1.82, 2.24) is 5.32 Å². The van der Waals surface area contributed by atoms with Gasteiger partial charge in [0, 0.05) is 5.56 Å². The number of aromatic carboxylic acids is 1. The fraction of sp³-hybridized carbons (Fsp3) is 0.375. The van der Waals surface area contributed by atoms with Gasteiger partial charge in [0.15, 0.2) is 0 Å². The summed E-state index contributed by atoms with van der Waals surface area (Å²) >= 11 is 0. The number of hydrogen-bond acceptors (Lipinski definition) is 3. The van der Waals surface area contributed by atoms with Crippen molar-refractivity contribution in [2.45, 2.75) is 33.3 Å². The maximum absolute atomic E-state index is 11.4. The van der Waals surface area contributed by atoms with Crippen LogP contribution in [0.3, 0.4) is 0 Å². The standard InChI is InChI=1S/C16H19NO4/c1-11-12(7-5-9-13(11)14(18)19)8-6-10-17-15(20)21-16(2,3)4/h5,7,9H,10H2,1-4H3,(H,17,20)(H,18,19). The lowest BCUT2D eigenvalue weighted by Gasteiger charge is -2.19. The Morgan fingerprint density at radius 2 is 2.00 bits per heavy atom. The van der Waals surface area contributed by atoms with Crippen molar-refractivity contribution in [3.63, 3.8) is 0 Å². The summed E-state index contributed by atoms with van der Waals surface area (Å²) in [4.78, 5) is 22.4. The van der Waals surface area contributed by atoms with Crippen LogP contribution < -0.4 is 5.32 Å². The Bertz CT molecular complexity index is 603. The van der Waals surface area contributed by atoms with E-state index in [1.165, 1.54) is 6.07 Å². The summed E-state index contributed by atoms with van der Waals surface area (Å²) < 4.78 is 5.07. The van der Waals surface area contributed by atoms with Crippen molar-refractivity contribution in [1.29, 1.82) is 0 Å². The maximum Gasteiger partial charge on any atom is 0.408 e. The molecule has 0 unspecified atom stereocenters. The van der Waals surface area contributed by atoms with Gasteiger partial charge in [0.25, 0.3) is 0 Å². The Balaban J connectivity index is 2.66. The average Bonchev–Trinajstić information content (AvgIpc) is 2.33. The smallest absolute Gasteiger partial charge is 0.408 e. The van der Waals surface area contributed by atoms with Crippen LogP contribution in [0.5, 0.6) is 0 Å². The number of carboxylic acid groups (broad SMARTS) is 1. The van der Waals surface area contributed by atoms with Crippen LogP contribution in [0.15, 0.2) is 18.2 Å². The number of rotatable bonds is 2. The molecule has 21 heavy (non-hydrogen) atoms. The van der Waals surface area contributed by atoms with E-state index >= 15 is 0 Å².